The van der Waals surface area contributed by atoms with Crippen LogP contribution in [0.5, 0.6) is 0 Å². The van der Waals surface area contributed by atoms with Crippen LogP contribution in [0.1, 0.15) is 23.2 Å². The lowest BCUT2D eigenvalue weighted by atomic mass is 10.1. The lowest BCUT2D eigenvalue weighted by Crippen LogP contribution is -2.00. The van der Waals surface area contributed by atoms with Gasteiger partial charge in [0.15, 0.2) is 0 Å². The number of aromatic amines is 1. The van der Waals surface area contributed by atoms with E-state index in [9.17, 15) is 0 Å². The molecular formula is C13H18N2. The lowest BCUT2D eigenvalue weighted by molar-refractivity contribution is 0.817. The minimum Gasteiger partial charge on any atom is -0.358 e. The minimum atomic E-state index is 0.757. The summed E-state index contributed by atoms with van der Waals surface area (Å²) in [6.45, 7) is 5.05. The van der Waals surface area contributed by atoms with Crippen molar-refractivity contribution in [3.05, 3.63) is 35.0 Å². The van der Waals surface area contributed by atoms with Crippen molar-refractivity contribution < 1.29 is 0 Å². The zero-order chi connectivity index (χ0) is 10.8. The second-order valence-corrected chi connectivity index (χ2v) is 4.23. The van der Waals surface area contributed by atoms with Crippen LogP contribution in [0.15, 0.2) is 18.2 Å². The summed E-state index contributed by atoms with van der Waals surface area (Å²) in [7, 11) is 0. The number of aromatic nitrogens is 1. The van der Waals surface area contributed by atoms with Crippen LogP contribution in [-0.4, -0.2) is 11.5 Å². The van der Waals surface area contributed by atoms with E-state index in [4.69, 9.17) is 5.73 Å². The summed E-state index contributed by atoms with van der Waals surface area (Å²) in [4.78, 5) is 3.47. The Kier molecular flexibility index (Phi) is 2.78. The number of nitrogens with two attached hydrogens (primary N) is 1. The minimum absolute atomic E-state index is 0.757. The van der Waals surface area contributed by atoms with E-state index < -0.39 is 0 Å². The van der Waals surface area contributed by atoms with Gasteiger partial charge in [0.1, 0.15) is 0 Å². The summed E-state index contributed by atoms with van der Waals surface area (Å²) < 4.78 is 0. The zero-order valence-corrected chi connectivity index (χ0v) is 9.43. The number of nitrogens with one attached hydrogen (secondary N) is 1. The second kappa shape index (κ2) is 4.07. The fourth-order valence-electron chi connectivity index (χ4n) is 2.10. The third kappa shape index (κ3) is 2.05. The average Bonchev–Trinajstić information content (AvgIpc) is 2.57. The fourth-order valence-corrected chi connectivity index (χ4v) is 2.10. The highest BCUT2D eigenvalue weighted by Gasteiger charge is 2.03. The van der Waals surface area contributed by atoms with Gasteiger partial charge in [0, 0.05) is 16.6 Å². The van der Waals surface area contributed by atoms with Gasteiger partial charge >= 0.3 is 0 Å². The van der Waals surface area contributed by atoms with Crippen molar-refractivity contribution in [1.29, 1.82) is 0 Å². The average molecular weight is 202 g/mol. The molecule has 0 bridgehead atoms. The van der Waals surface area contributed by atoms with Crippen molar-refractivity contribution in [2.24, 2.45) is 5.73 Å². The Hall–Kier alpha value is -1.28. The number of hydrogen-bond acceptors (Lipinski definition) is 1. The molecule has 0 saturated carbocycles. The van der Waals surface area contributed by atoms with Crippen molar-refractivity contribution in [3.8, 4) is 0 Å². The zero-order valence-electron chi connectivity index (χ0n) is 9.43. The maximum Gasteiger partial charge on any atom is 0.0485 e. The molecule has 2 rings (SSSR count). The predicted molar refractivity (Wildman–Crippen MR) is 65.1 cm³/mol. The van der Waals surface area contributed by atoms with Gasteiger partial charge in [-0.2, -0.15) is 0 Å². The highest BCUT2D eigenvalue weighted by molar-refractivity contribution is 5.84. The molecule has 0 atom stereocenters. The maximum absolute atomic E-state index is 5.51. The smallest absolute Gasteiger partial charge is 0.0485 e. The number of benzene rings is 1. The topological polar surface area (TPSA) is 41.8 Å². The first kappa shape index (κ1) is 10.2. The SMILES string of the molecule is Cc1cc(C)c2[nH]c(CCCN)cc2c1. The van der Waals surface area contributed by atoms with E-state index in [1.165, 1.54) is 27.7 Å². The van der Waals surface area contributed by atoms with Gasteiger partial charge in [-0.15, -0.1) is 0 Å². The number of aryl methyl sites for hydroxylation is 3. The quantitative estimate of drug-likeness (QED) is 0.789. The highest BCUT2D eigenvalue weighted by atomic mass is 14.7. The molecule has 1 aromatic heterocycles. The summed E-state index contributed by atoms with van der Waals surface area (Å²) in [5.74, 6) is 0. The molecule has 0 fully saturated rings. The Balaban J connectivity index is 2.41. The predicted octanol–water partition coefficient (Wildman–Crippen LogP) is 2.68. The Morgan fingerprint density at radius 1 is 1.20 bits per heavy atom. The normalized spacial score (nSPS) is 11.1. The Morgan fingerprint density at radius 3 is 2.73 bits per heavy atom. The number of hydrogen-bond donors (Lipinski definition) is 2. The molecule has 0 saturated heterocycles. The van der Waals surface area contributed by atoms with Crippen LogP contribution in [0.25, 0.3) is 10.9 Å². The van der Waals surface area contributed by atoms with Gasteiger partial charge in [-0.05, 0) is 50.9 Å². The van der Waals surface area contributed by atoms with Crippen LogP contribution < -0.4 is 5.73 Å². The Labute approximate surface area is 90.5 Å². The molecule has 15 heavy (non-hydrogen) atoms. The summed E-state index contributed by atoms with van der Waals surface area (Å²) in [5.41, 5.74) is 10.7. The monoisotopic (exact) mass is 202 g/mol. The second-order valence-electron chi connectivity index (χ2n) is 4.23. The molecule has 2 heteroatoms. The molecule has 0 unspecified atom stereocenters. The molecular weight excluding hydrogens is 184 g/mol. The summed E-state index contributed by atoms with van der Waals surface area (Å²) >= 11 is 0. The molecule has 2 aromatic rings. The van der Waals surface area contributed by atoms with E-state index in [0.717, 1.165) is 19.4 Å². The third-order valence-electron chi connectivity index (χ3n) is 2.78. The van der Waals surface area contributed by atoms with Crippen LogP contribution in [-0.2, 0) is 6.42 Å². The van der Waals surface area contributed by atoms with Crippen molar-refractivity contribution in [2.75, 3.05) is 6.54 Å². The van der Waals surface area contributed by atoms with Crippen molar-refractivity contribution in [2.45, 2.75) is 26.7 Å². The largest absolute Gasteiger partial charge is 0.358 e. The molecule has 2 nitrogen and oxygen atoms in total. The van der Waals surface area contributed by atoms with E-state index >= 15 is 0 Å². The van der Waals surface area contributed by atoms with Crippen molar-refractivity contribution in [1.82, 2.24) is 4.98 Å². The Morgan fingerprint density at radius 2 is 2.00 bits per heavy atom. The molecule has 0 aliphatic carbocycles. The lowest BCUT2D eigenvalue weighted by Gasteiger charge is -1.98. The molecule has 1 aromatic carbocycles. The van der Waals surface area contributed by atoms with E-state index in [2.05, 4.69) is 37.0 Å². The van der Waals surface area contributed by atoms with Gasteiger partial charge in [0.25, 0.3) is 0 Å². The van der Waals surface area contributed by atoms with Crippen molar-refractivity contribution in [3.63, 3.8) is 0 Å². The maximum atomic E-state index is 5.51. The standard InChI is InChI=1S/C13H18N2/c1-9-6-10(2)13-11(7-9)8-12(15-13)4-3-5-14/h6-8,15H,3-5,14H2,1-2H3. The molecule has 0 aliphatic heterocycles. The van der Waals surface area contributed by atoms with Crippen molar-refractivity contribution >= 4 is 10.9 Å². The van der Waals surface area contributed by atoms with Gasteiger partial charge < -0.3 is 10.7 Å². The number of H-pyrrole nitrogens is 1. The Bertz CT molecular complexity index is 469. The summed E-state index contributed by atoms with van der Waals surface area (Å²) in [6, 6.07) is 6.68. The summed E-state index contributed by atoms with van der Waals surface area (Å²) in [5, 5.41) is 1.32. The van der Waals surface area contributed by atoms with Crippen LogP contribution in [0, 0.1) is 13.8 Å². The van der Waals surface area contributed by atoms with Gasteiger partial charge in [0.05, 0.1) is 0 Å². The van der Waals surface area contributed by atoms with Gasteiger partial charge in [-0.25, -0.2) is 0 Å². The number of rotatable bonds is 3. The molecule has 1 heterocycles. The molecule has 0 spiro atoms. The van der Waals surface area contributed by atoms with Crippen LogP contribution in [0.4, 0.5) is 0 Å². The van der Waals surface area contributed by atoms with Gasteiger partial charge in [-0.1, -0.05) is 11.6 Å². The number of fused-ring (bicyclic) bond motifs is 1. The third-order valence-corrected chi connectivity index (χ3v) is 2.78. The molecule has 0 radical (unpaired) electrons. The van der Waals surface area contributed by atoms with Crippen LogP contribution in [0.3, 0.4) is 0 Å². The van der Waals surface area contributed by atoms with Gasteiger partial charge in [0.2, 0.25) is 0 Å². The van der Waals surface area contributed by atoms with E-state index in [0.29, 0.717) is 0 Å². The van der Waals surface area contributed by atoms with E-state index in [1.54, 1.807) is 0 Å². The van der Waals surface area contributed by atoms with Crippen LogP contribution in [0.2, 0.25) is 0 Å². The first-order valence-electron chi connectivity index (χ1n) is 5.49. The molecule has 3 N–H and O–H groups in total. The first-order chi connectivity index (χ1) is 7.20. The molecule has 0 aliphatic rings. The fraction of sp³-hybridized carbons (Fsp3) is 0.385. The molecule has 0 amide bonds. The first-order valence-corrected chi connectivity index (χ1v) is 5.49. The highest BCUT2D eigenvalue weighted by Crippen LogP contribution is 2.21. The van der Waals surface area contributed by atoms with Crippen LogP contribution >= 0.6 is 0 Å². The molecule has 80 valence electrons. The van der Waals surface area contributed by atoms with E-state index in [-0.39, 0.29) is 0 Å². The summed E-state index contributed by atoms with van der Waals surface area (Å²) in [6.07, 6.45) is 2.09. The van der Waals surface area contributed by atoms with E-state index in [1.807, 2.05) is 0 Å². The van der Waals surface area contributed by atoms with Gasteiger partial charge in [-0.3, -0.25) is 0 Å².